The van der Waals surface area contributed by atoms with Gasteiger partial charge < -0.3 is 15.5 Å². The lowest BCUT2D eigenvalue weighted by Crippen LogP contribution is -2.49. The van der Waals surface area contributed by atoms with Gasteiger partial charge in [0.05, 0.1) is 11.4 Å². The van der Waals surface area contributed by atoms with Crippen molar-refractivity contribution in [3.63, 3.8) is 0 Å². The Balaban J connectivity index is 1.87. The Hall–Kier alpha value is -1.87. The van der Waals surface area contributed by atoms with Gasteiger partial charge >= 0.3 is 0 Å². The third kappa shape index (κ3) is 6.57. The molecule has 30 heavy (non-hydrogen) atoms. The minimum absolute atomic E-state index is 0.158. The molecule has 170 valence electrons. The maximum Gasteiger partial charge on any atom is 0.214 e. The molecule has 0 aromatic heterocycles. The number of piperidine rings is 1. The average Bonchev–Trinajstić information content (AvgIpc) is 2.73. The first-order valence-electron chi connectivity index (χ1n) is 10.8. The largest absolute Gasteiger partial charge is 0.370 e. The monoisotopic (exact) mass is 441 g/mol. The van der Waals surface area contributed by atoms with E-state index in [9.17, 15) is 12.8 Å². The summed E-state index contributed by atoms with van der Waals surface area (Å²) in [6.45, 7) is 8.93. The molecule has 0 saturated carbocycles. The summed E-state index contributed by atoms with van der Waals surface area (Å²) in [6, 6.07) is 5.47. The van der Waals surface area contributed by atoms with Gasteiger partial charge in [-0.1, -0.05) is 13.0 Å². The minimum atomic E-state index is -3.13. The highest BCUT2D eigenvalue weighted by Gasteiger charge is 2.27. The van der Waals surface area contributed by atoms with Crippen molar-refractivity contribution < 1.29 is 12.8 Å². The molecule has 2 N–H and O–H groups in total. The summed E-state index contributed by atoms with van der Waals surface area (Å²) in [4.78, 5) is 6.24. The van der Waals surface area contributed by atoms with Crippen molar-refractivity contribution in [1.82, 2.24) is 14.9 Å². The molecule has 9 heteroatoms. The molecular weight excluding hydrogens is 405 g/mol. The van der Waals surface area contributed by atoms with Crippen molar-refractivity contribution in [2.45, 2.75) is 52.6 Å². The van der Waals surface area contributed by atoms with Crippen LogP contribution in [0.15, 0.2) is 23.2 Å². The second-order valence-electron chi connectivity index (χ2n) is 7.52. The number of hydrogen-bond donors (Lipinski definition) is 2. The average molecular weight is 442 g/mol. The number of anilines is 1. The number of sulfonamides is 1. The summed E-state index contributed by atoms with van der Waals surface area (Å²) in [6.07, 6.45) is 2.10. The van der Waals surface area contributed by atoms with Crippen LogP contribution < -0.4 is 15.5 Å². The van der Waals surface area contributed by atoms with E-state index in [-0.39, 0.29) is 17.6 Å². The lowest BCUT2D eigenvalue weighted by Gasteiger charge is -2.32. The molecule has 1 heterocycles. The maximum absolute atomic E-state index is 14.5. The smallest absolute Gasteiger partial charge is 0.214 e. The molecule has 0 bridgehead atoms. The van der Waals surface area contributed by atoms with Crippen LogP contribution in [0, 0.1) is 5.82 Å². The van der Waals surface area contributed by atoms with Crippen LogP contribution in [0.4, 0.5) is 10.1 Å². The second-order valence-corrected chi connectivity index (χ2v) is 9.61. The van der Waals surface area contributed by atoms with Crippen LogP contribution in [0.2, 0.25) is 0 Å². The van der Waals surface area contributed by atoms with E-state index in [1.54, 1.807) is 17.4 Å². The molecule has 0 amide bonds. The van der Waals surface area contributed by atoms with Crippen LogP contribution in [0.1, 0.15) is 45.6 Å². The topological polar surface area (TPSA) is 77.0 Å². The molecule has 1 fully saturated rings. The molecule has 1 aliphatic heterocycles. The Morgan fingerprint density at radius 3 is 2.43 bits per heavy atom. The first-order chi connectivity index (χ1) is 14.3. The predicted octanol–water partition coefficient (Wildman–Crippen LogP) is 2.54. The van der Waals surface area contributed by atoms with Gasteiger partial charge in [0.25, 0.3) is 0 Å². The summed E-state index contributed by atoms with van der Waals surface area (Å²) in [7, 11) is -1.44. The van der Waals surface area contributed by atoms with Crippen LogP contribution in [-0.4, -0.2) is 63.7 Å². The van der Waals surface area contributed by atoms with Gasteiger partial charge in [0.15, 0.2) is 5.96 Å². The molecule has 2 rings (SSSR count). The molecule has 0 unspecified atom stereocenters. The molecule has 0 spiro atoms. The van der Waals surface area contributed by atoms with Crippen molar-refractivity contribution in [2.24, 2.45) is 4.99 Å². The molecular formula is C21H36FN5O2S. The van der Waals surface area contributed by atoms with Crippen molar-refractivity contribution in [3.05, 3.63) is 29.6 Å². The van der Waals surface area contributed by atoms with E-state index in [1.807, 2.05) is 37.8 Å². The number of nitrogens with one attached hydrogen (secondary N) is 2. The van der Waals surface area contributed by atoms with Gasteiger partial charge in [-0.25, -0.2) is 17.1 Å². The fourth-order valence-electron chi connectivity index (χ4n) is 3.72. The lowest BCUT2D eigenvalue weighted by molar-refractivity contribution is 0.306. The number of hydrogen-bond acceptors (Lipinski definition) is 4. The third-order valence-electron chi connectivity index (χ3n) is 5.45. The predicted molar refractivity (Wildman–Crippen MR) is 122 cm³/mol. The van der Waals surface area contributed by atoms with Crippen LogP contribution in [0.25, 0.3) is 0 Å². The molecule has 1 aromatic carbocycles. The third-order valence-corrected chi connectivity index (χ3v) is 7.53. The fourth-order valence-corrected chi connectivity index (χ4v) is 5.26. The zero-order chi connectivity index (χ0) is 22.1. The van der Waals surface area contributed by atoms with E-state index >= 15 is 0 Å². The Kier molecular flexibility index (Phi) is 9.36. The standard InChI is InChI=1S/C21H36FN5O2S/c1-5-14-30(28,29)27-12-10-18(11-13-27)25-21(23-4)24-16-17-8-9-20(19(22)15-17)26(6-2)7-3/h8-9,15,18H,5-7,10-14,16H2,1-4H3,(H2,23,24,25). The van der Waals surface area contributed by atoms with Crippen LogP contribution in [-0.2, 0) is 16.6 Å². The molecule has 0 radical (unpaired) electrons. The molecule has 1 saturated heterocycles. The normalized spacial score (nSPS) is 16.5. The Labute approximate surface area is 180 Å². The zero-order valence-electron chi connectivity index (χ0n) is 18.6. The summed E-state index contributed by atoms with van der Waals surface area (Å²) in [5, 5.41) is 6.58. The number of aliphatic imine (C=N–C) groups is 1. The Morgan fingerprint density at radius 2 is 1.90 bits per heavy atom. The molecule has 1 aliphatic rings. The Bertz CT molecular complexity index is 804. The van der Waals surface area contributed by atoms with Crippen LogP contribution >= 0.6 is 0 Å². The quantitative estimate of drug-likeness (QED) is 0.455. The second kappa shape index (κ2) is 11.5. The highest BCUT2D eigenvalue weighted by Crippen LogP contribution is 2.20. The summed E-state index contributed by atoms with van der Waals surface area (Å²) in [5.74, 6) is 0.623. The molecule has 0 atom stereocenters. The minimum Gasteiger partial charge on any atom is -0.370 e. The first-order valence-corrected chi connectivity index (χ1v) is 12.4. The molecule has 7 nitrogen and oxygen atoms in total. The highest BCUT2D eigenvalue weighted by atomic mass is 32.2. The van der Waals surface area contributed by atoms with Gasteiger partial charge in [0.1, 0.15) is 5.82 Å². The number of nitrogens with zero attached hydrogens (tertiary/aromatic N) is 3. The van der Waals surface area contributed by atoms with Crippen molar-refractivity contribution in [1.29, 1.82) is 0 Å². The summed E-state index contributed by atoms with van der Waals surface area (Å²) in [5.41, 5.74) is 1.46. The zero-order valence-corrected chi connectivity index (χ0v) is 19.4. The van der Waals surface area contributed by atoms with E-state index in [0.29, 0.717) is 37.7 Å². The SMILES string of the molecule is CCCS(=O)(=O)N1CCC(NC(=NC)NCc2ccc(N(CC)CC)c(F)c2)CC1. The fraction of sp³-hybridized carbons (Fsp3) is 0.667. The number of guanidine groups is 1. The van der Waals surface area contributed by atoms with Crippen LogP contribution in [0.3, 0.4) is 0 Å². The van der Waals surface area contributed by atoms with Gasteiger partial charge in [-0.05, 0) is 50.8 Å². The number of benzene rings is 1. The first kappa shape index (κ1) is 24.4. The van der Waals surface area contributed by atoms with E-state index in [0.717, 1.165) is 31.5 Å². The van der Waals surface area contributed by atoms with Gasteiger partial charge in [-0.3, -0.25) is 4.99 Å². The number of rotatable bonds is 9. The van der Waals surface area contributed by atoms with Gasteiger partial charge in [0.2, 0.25) is 10.0 Å². The Morgan fingerprint density at radius 1 is 1.23 bits per heavy atom. The van der Waals surface area contributed by atoms with Crippen LogP contribution in [0.5, 0.6) is 0 Å². The van der Waals surface area contributed by atoms with E-state index in [1.165, 1.54) is 0 Å². The number of halogens is 1. The van der Waals surface area contributed by atoms with E-state index in [2.05, 4.69) is 15.6 Å². The molecule has 0 aliphatic carbocycles. The summed E-state index contributed by atoms with van der Waals surface area (Å²) < 4.78 is 40.5. The van der Waals surface area contributed by atoms with Gasteiger partial charge in [-0.15, -0.1) is 0 Å². The maximum atomic E-state index is 14.5. The van der Waals surface area contributed by atoms with Crippen molar-refractivity contribution in [2.75, 3.05) is 43.9 Å². The van der Waals surface area contributed by atoms with Gasteiger partial charge in [0, 0.05) is 45.8 Å². The highest BCUT2D eigenvalue weighted by molar-refractivity contribution is 7.89. The lowest BCUT2D eigenvalue weighted by atomic mass is 10.1. The van der Waals surface area contributed by atoms with E-state index in [4.69, 9.17) is 0 Å². The summed E-state index contributed by atoms with van der Waals surface area (Å²) >= 11 is 0. The molecule has 1 aromatic rings. The van der Waals surface area contributed by atoms with Gasteiger partial charge in [-0.2, -0.15) is 0 Å². The van der Waals surface area contributed by atoms with Crippen molar-refractivity contribution in [3.8, 4) is 0 Å². The van der Waals surface area contributed by atoms with Crippen molar-refractivity contribution >= 4 is 21.7 Å². The van der Waals surface area contributed by atoms with E-state index < -0.39 is 10.0 Å².